The highest BCUT2D eigenvalue weighted by Crippen LogP contribution is 2.26. The maximum atomic E-state index is 12.8. The number of aromatic amines is 1. The lowest BCUT2D eigenvalue weighted by atomic mass is 10.00. The Hall–Kier alpha value is -2.34. The van der Waals surface area contributed by atoms with Crippen LogP contribution in [0.4, 0.5) is 0 Å². The van der Waals surface area contributed by atoms with E-state index in [1.807, 2.05) is 32.0 Å². The second kappa shape index (κ2) is 6.65. The van der Waals surface area contributed by atoms with Crippen molar-refractivity contribution in [3.8, 4) is 5.75 Å². The second-order valence-electron chi connectivity index (χ2n) is 6.49. The number of H-pyrrole nitrogens is 1. The van der Waals surface area contributed by atoms with Crippen LogP contribution in [0.2, 0.25) is 0 Å². The molecule has 1 aromatic heterocycles. The first-order valence-electron chi connectivity index (χ1n) is 8.10. The molecule has 3 rings (SSSR count). The molecule has 2 heterocycles. The van der Waals surface area contributed by atoms with Crippen LogP contribution in [-0.2, 0) is 6.42 Å². The molecule has 1 amide bonds. The van der Waals surface area contributed by atoms with Gasteiger partial charge in [0.1, 0.15) is 5.75 Å². The number of ether oxygens (including phenoxy) is 1. The minimum absolute atomic E-state index is 0.00699. The van der Waals surface area contributed by atoms with E-state index in [-0.39, 0.29) is 11.8 Å². The largest absolute Gasteiger partial charge is 0.496 e. The van der Waals surface area contributed by atoms with E-state index in [4.69, 9.17) is 4.74 Å². The molecule has 2 atom stereocenters. The first-order valence-corrected chi connectivity index (χ1v) is 8.10. The molecule has 2 aromatic rings. The van der Waals surface area contributed by atoms with E-state index in [2.05, 4.69) is 10.2 Å². The first kappa shape index (κ1) is 16.5. The van der Waals surface area contributed by atoms with E-state index in [0.29, 0.717) is 30.8 Å². The zero-order valence-electron chi connectivity index (χ0n) is 14.2. The summed E-state index contributed by atoms with van der Waals surface area (Å²) >= 11 is 0. The van der Waals surface area contributed by atoms with E-state index < -0.39 is 6.10 Å². The quantitative estimate of drug-likeness (QED) is 0.895. The Morgan fingerprint density at radius 1 is 1.38 bits per heavy atom. The summed E-state index contributed by atoms with van der Waals surface area (Å²) in [6, 6.07) is 7.52. The minimum atomic E-state index is -0.540. The van der Waals surface area contributed by atoms with Crippen LogP contribution in [0.3, 0.4) is 0 Å². The molecule has 2 N–H and O–H groups in total. The number of nitrogens with zero attached hydrogens (tertiary/aromatic N) is 2. The second-order valence-corrected chi connectivity index (χ2v) is 6.49. The highest BCUT2D eigenvalue weighted by Gasteiger charge is 2.35. The monoisotopic (exact) mass is 329 g/mol. The molecule has 1 saturated heterocycles. The number of hydrogen-bond donors (Lipinski definition) is 2. The smallest absolute Gasteiger partial charge is 0.257 e. The number of nitrogens with one attached hydrogen (secondary N) is 1. The highest BCUT2D eigenvalue weighted by atomic mass is 16.5. The molecule has 0 saturated carbocycles. The molecule has 0 radical (unpaired) electrons. The third-order valence-corrected chi connectivity index (χ3v) is 4.51. The summed E-state index contributed by atoms with van der Waals surface area (Å²) in [6.07, 6.45) is 0.113. The van der Waals surface area contributed by atoms with Crippen molar-refractivity contribution in [1.82, 2.24) is 15.1 Å². The number of carbonyl (C=O) groups is 1. The molecule has 0 aliphatic carbocycles. The average molecular weight is 329 g/mol. The lowest BCUT2D eigenvalue weighted by Gasteiger charge is -2.18. The van der Waals surface area contributed by atoms with Gasteiger partial charge in [-0.15, -0.1) is 0 Å². The maximum Gasteiger partial charge on any atom is 0.257 e. The number of aliphatic hydroxyl groups excluding tert-OH is 1. The number of β-amino-alcohol motifs (C(OH)–C–C–N with tert-alkyl or cyclic N) is 1. The van der Waals surface area contributed by atoms with Crippen molar-refractivity contribution in [2.75, 3.05) is 20.2 Å². The van der Waals surface area contributed by atoms with Gasteiger partial charge in [-0.1, -0.05) is 11.6 Å². The third-order valence-electron chi connectivity index (χ3n) is 4.51. The summed E-state index contributed by atoms with van der Waals surface area (Å²) in [7, 11) is 1.56. The number of likely N-dealkylation sites (tertiary alicyclic amines) is 1. The fourth-order valence-electron chi connectivity index (χ4n) is 3.23. The number of amides is 1. The lowest BCUT2D eigenvalue weighted by molar-refractivity contribution is 0.0761. The summed E-state index contributed by atoms with van der Waals surface area (Å²) in [5, 5.41) is 17.5. The van der Waals surface area contributed by atoms with Crippen molar-refractivity contribution >= 4 is 5.91 Å². The zero-order chi connectivity index (χ0) is 17.3. The predicted octanol–water partition coefficient (Wildman–Crippen LogP) is 1.71. The van der Waals surface area contributed by atoms with Crippen LogP contribution in [0, 0.1) is 19.8 Å². The summed E-state index contributed by atoms with van der Waals surface area (Å²) in [5.74, 6) is 0.453. The molecule has 1 aliphatic heterocycles. The highest BCUT2D eigenvalue weighted by molar-refractivity contribution is 5.97. The van der Waals surface area contributed by atoms with Crippen molar-refractivity contribution in [2.45, 2.75) is 26.4 Å². The summed E-state index contributed by atoms with van der Waals surface area (Å²) in [5.41, 5.74) is 3.46. The minimum Gasteiger partial charge on any atom is -0.496 e. The number of methoxy groups -OCH3 is 1. The van der Waals surface area contributed by atoms with Gasteiger partial charge in [0.2, 0.25) is 0 Å². The van der Waals surface area contributed by atoms with Crippen LogP contribution >= 0.6 is 0 Å². The first-order chi connectivity index (χ1) is 11.5. The summed E-state index contributed by atoms with van der Waals surface area (Å²) < 4.78 is 5.31. The number of aromatic nitrogens is 2. The van der Waals surface area contributed by atoms with Gasteiger partial charge >= 0.3 is 0 Å². The fourth-order valence-corrected chi connectivity index (χ4v) is 3.23. The van der Waals surface area contributed by atoms with Gasteiger partial charge in [0.15, 0.2) is 0 Å². The molecule has 1 aromatic carbocycles. The number of carbonyl (C=O) groups excluding carboxylic acids is 1. The van der Waals surface area contributed by atoms with Crippen LogP contribution in [0.5, 0.6) is 5.75 Å². The van der Waals surface area contributed by atoms with Crippen LogP contribution in [0.25, 0.3) is 0 Å². The van der Waals surface area contributed by atoms with Crippen molar-refractivity contribution in [3.63, 3.8) is 0 Å². The van der Waals surface area contributed by atoms with Crippen molar-refractivity contribution in [2.24, 2.45) is 5.92 Å². The van der Waals surface area contributed by atoms with E-state index in [1.54, 1.807) is 18.1 Å². The van der Waals surface area contributed by atoms with Crippen LogP contribution in [-0.4, -0.2) is 52.4 Å². The number of aliphatic hydroxyl groups is 1. The van der Waals surface area contributed by atoms with Gasteiger partial charge in [0, 0.05) is 24.7 Å². The van der Waals surface area contributed by atoms with Crippen molar-refractivity contribution in [1.29, 1.82) is 0 Å². The topological polar surface area (TPSA) is 78.5 Å². The summed E-state index contributed by atoms with van der Waals surface area (Å²) in [6.45, 7) is 4.74. The fraction of sp³-hybridized carbons (Fsp3) is 0.444. The normalized spacial score (nSPS) is 20.4. The number of aryl methyl sites for hydroxylation is 2. The van der Waals surface area contributed by atoms with Crippen molar-refractivity contribution < 1.29 is 14.6 Å². The van der Waals surface area contributed by atoms with Gasteiger partial charge in [-0.25, -0.2) is 0 Å². The standard InChI is InChI=1S/C18H23N3O3/c1-11-4-5-17(24-3)15(6-11)18(23)21-9-13(16(22)10-21)8-14-7-12(2)19-20-14/h4-7,13,16,22H,8-10H2,1-3H3,(H,19,20)/t13-,16-/m1/s1. The lowest BCUT2D eigenvalue weighted by Crippen LogP contribution is -2.30. The Labute approximate surface area is 141 Å². The third kappa shape index (κ3) is 3.28. The molecule has 0 unspecified atom stereocenters. The average Bonchev–Trinajstić information content (AvgIpc) is 3.13. The number of benzene rings is 1. The van der Waals surface area contributed by atoms with E-state index in [1.165, 1.54) is 0 Å². The molecule has 6 nitrogen and oxygen atoms in total. The van der Waals surface area contributed by atoms with Gasteiger partial charge < -0.3 is 14.7 Å². The molecule has 6 heteroatoms. The Balaban J connectivity index is 1.74. The van der Waals surface area contributed by atoms with Gasteiger partial charge in [-0.05, 0) is 38.5 Å². The molecular formula is C18H23N3O3. The SMILES string of the molecule is COc1ccc(C)cc1C(=O)N1C[C@@H](Cc2cc(C)[nH]n2)[C@H](O)C1. The van der Waals surface area contributed by atoms with E-state index in [0.717, 1.165) is 17.0 Å². The summed E-state index contributed by atoms with van der Waals surface area (Å²) in [4.78, 5) is 14.5. The maximum absolute atomic E-state index is 12.8. The molecular weight excluding hydrogens is 306 g/mol. The van der Waals surface area contributed by atoms with Gasteiger partial charge in [-0.3, -0.25) is 9.89 Å². The molecule has 24 heavy (non-hydrogen) atoms. The van der Waals surface area contributed by atoms with Crippen molar-refractivity contribution in [3.05, 3.63) is 46.8 Å². The molecule has 1 fully saturated rings. The van der Waals surface area contributed by atoms with Gasteiger partial charge in [0.05, 0.1) is 24.5 Å². The van der Waals surface area contributed by atoms with Gasteiger partial charge in [-0.2, -0.15) is 5.10 Å². The molecule has 0 bridgehead atoms. The molecule has 1 aliphatic rings. The van der Waals surface area contributed by atoms with Crippen LogP contribution in [0.1, 0.15) is 27.3 Å². The molecule has 0 spiro atoms. The zero-order valence-corrected chi connectivity index (χ0v) is 14.2. The van der Waals surface area contributed by atoms with Crippen LogP contribution < -0.4 is 4.74 Å². The van der Waals surface area contributed by atoms with E-state index >= 15 is 0 Å². The Morgan fingerprint density at radius 3 is 2.83 bits per heavy atom. The number of rotatable bonds is 4. The Bertz CT molecular complexity index is 741. The molecule has 128 valence electrons. The van der Waals surface area contributed by atoms with E-state index in [9.17, 15) is 9.90 Å². The number of hydrogen-bond acceptors (Lipinski definition) is 4. The Kier molecular flexibility index (Phi) is 4.57. The van der Waals surface area contributed by atoms with Gasteiger partial charge in [0.25, 0.3) is 5.91 Å². The Morgan fingerprint density at radius 2 is 2.17 bits per heavy atom. The van der Waals surface area contributed by atoms with Crippen LogP contribution in [0.15, 0.2) is 24.3 Å². The predicted molar refractivity (Wildman–Crippen MR) is 90.2 cm³/mol.